The second-order valence-electron chi connectivity index (χ2n) is 8.08. The molecule has 0 fully saturated rings. The van der Waals surface area contributed by atoms with E-state index in [4.69, 9.17) is 10.6 Å². The molecule has 1 atom stereocenters. The third-order valence-electron chi connectivity index (χ3n) is 5.24. The Labute approximate surface area is 178 Å². The number of halogens is 4. The van der Waals surface area contributed by atoms with E-state index >= 15 is 0 Å². The van der Waals surface area contributed by atoms with Crippen molar-refractivity contribution >= 4 is 11.9 Å². The molecule has 4 N–H and O–H groups in total. The molecule has 2 aromatic carbocycles. The van der Waals surface area contributed by atoms with Crippen molar-refractivity contribution in [1.82, 2.24) is 0 Å². The van der Waals surface area contributed by atoms with Crippen molar-refractivity contribution in [3.8, 4) is 5.75 Å². The van der Waals surface area contributed by atoms with Gasteiger partial charge in [-0.25, -0.2) is 4.39 Å². The van der Waals surface area contributed by atoms with Gasteiger partial charge in [0.15, 0.2) is 17.2 Å². The monoisotopic (exact) mass is 441 g/mol. The predicted molar refractivity (Wildman–Crippen MR) is 113 cm³/mol. The highest BCUT2D eigenvalue weighted by Gasteiger charge is 2.56. The number of ether oxygens (including phenoxy) is 1. The standard InChI is InChI=1S/C22H27F4N3O2/c1-14-7-5-8-15(11-29-27)18(14)28-13-21(30,22(24,25)26)12-20(2,3)16-9-6-10-17(23)19(16)31-4/h5-11,28,30H,12-13,27H2,1-4H3/b29-11-. The molecule has 0 saturated carbocycles. The molecule has 0 radical (unpaired) electrons. The van der Waals surface area contributed by atoms with Gasteiger partial charge in [0, 0.05) is 16.8 Å². The molecule has 0 aliphatic carbocycles. The van der Waals surface area contributed by atoms with Gasteiger partial charge in [-0.3, -0.25) is 0 Å². The summed E-state index contributed by atoms with van der Waals surface area (Å²) in [6.07, 6.45) is -4.38. The van der Waals surface area contributed by atoms with E-state index < -0.39 is 36.0 Å². The van der Waals surface area contributed by atoms with E-state index in [1.54, 1.807) is 25.1 Å². The third-order valence-corrected chi connectivity index (χ3v) is 5.24. The quantitative estimate of drug-likeness (QED) is 0.244. The summed E-state index contributed by atoms with van der Waals surface area (Å²) in [5, 5.41) is 16.9. The molecule has 5 nitrogen and oxygen atoms in total. The molecule has 0 aliphatic rings. The number of rotatable bonds is 8. The van der Waals surface area contributed by atoms with Crippen molar-refractivity contribution in [2.75, 3.05) is 19.0 Å². The van der Waals surface area contributed by atoms with E-state index in [0.717, 1.165) is 6.07 Å². The molecule has 1 unspecified atom stereocenters. The van der Waals surface area contributed by atoms with Gasteiger partial charge < -0.3 is 21.0 Å². The van der Waals surface area contributed by atoms with E-state index in [1.165, 1.54) is 39.3 Å². The maximum absolute atomic E-state index is 14.1. The van der Waals surface area contributed by atoms with Crippen LogP contribution in [0.2, 0.25) is 0 Å². The van der Waals surface area contributed by atoms with Gasteiger partial charge in [-0.2, -0.15) is 18.3 Å². The van der Waals surface area contributed by atoms with E-state index in [1.807, 2.05) is 0 Å². The van der Waals surface area contributed by atoms with Crippen LogP contribution in [0.3, 0.4) is 0 Å². The fourth-order valence-corrected chi connectivity index (χ4v) is 3.69. The minimum Gasteiger partial charge on any atom is -0.493 e. The number of nitrogens with two attached hydrogens (primary N) is 1. The molecule has 0 bridgehead atoms. The fourth-order valence-electron chi connectivity index (χ4n) is 3.69. The predicted octanol–water partition coefficient (Wildman–Crippen LogP) is 4.51. The van der Waals surface area contributed by atoms with Gasteiger partial charge in [0.1, 0.15) is 0 Å². The Morgan fingerprint density at radius 2 is 1.81 bits per heavy atom. The average Bonchev–Trinajstić information content (AvgIpc) is 2.66. The summed E-state index contributed by atoms with van der Waals surface area (Å²) in [6, 6.07) is 9.11. The largest absolute Gasteiger partial charge is 0.493 e. The Morgan fingerprint density at radius 1 is 1.16 bits per heavy atom. The Balaban J connectivity index is 2.42. The molecule has 0 amide bonds. The molecule has 0 aromatic heterocycles. The van der Waals surface area contributed by atoms with Crippen LogP contribution in [-0.4, -0.2) is 36.8 Å². The van der Waals surface area contributed by atoms with Gasteiger partial charge in [-0.1, -0.05) is 44.2 Å². The van der Waals surface area contributed by atoms with Gasteiger partial charge in [-0.15, -0.1) is 0 Å². The van der Waals surface area contributed by atoms with Crippen LogP contribution in [0.25, 0.3) is 0 Å². The average molecular weight is 441 g/mol. The Hall–Kier alpha value is -2.81. The molecular formula is C22H27F4N3O2. The Bertz CT molecular complexity index is 945. The zero-order valence-electron chi connectivity index (χ0n) is 17.8. The summed E-state index contributed by atoms with van der Waals surface area (Å²) >= 11 is 0. The number of aliphatic hydroxyl groups is 1. The summed E-state index contributed by atoms with van der Waals surface area (Å²) in [7, 11) is 1.24. The Morgan fingerprint density at radius 3 is 2.39 bits per heavy atom. The second kappa shape index (κ2) is 9.13. The van der Waals surface area contributed by atoms with Crippen LogP contribution in [0.5, 0.6) is 5.75 Å². The minimum absolute atomic E-state index is 0.148. The summed E-state index contributed by atoms with van der Waals surface area (Å²) in [5.74, 6) is 4.35. The number of para-hydroxylation sites is 2. The number of aryl methyl sites for hydroxylation is 1. The van der Waals surface area contributed by atoms with E-state index in [2.05, 4.69) is 10.4 Å². The van der Waals surface area contributed by atoms with Crippen LogP contribution in [0.4, 0.5) is 23.2 Å². The molecular weight excluding hydrogens is 414 g/mol. The van der Waals surface area contributed by atoms with Crippen LogP contribution >= 0.6 is 0 Å². The lowest BCUT2D eigenvalue weighted by molar-refractivity contribution is -0.260. The zero-order chi connectivity index (χ0) is 23.4. The molecule has 2 rings (SSSR count). The third kappa shape index (κ3) is 5.28. The number of hydrogen-bond acceptors (Lipinski definition) is 5. The summed E-state index contributed by atoms with van der Waals surface area (Å²) in [4.78, 5) is 0. The molecule has 0 spiro atoms. The van der Waals surface area contributed by atoms with E-state index in [0.29, 0.717) is 16.8 Å². The number of methoxy groups -OCH3 is 1. The first-order valence-electron chi connectivity index (χ1n) is 9.55. The van der Waals surface area contributed by atoms with Crippen LogP contribution in [0.1, 0.15) is 37.0 Å². The molecule has 2 aromatic rings. The number of nitrogens with zero attached hydrogens (tertiary/aromatic N) is 1. The van der Waals surface area contributed by atoms with Gasteiger partial charge in [-0.05, 0) is 30.4 Å². The van der Waals surface area contributed by atoms with Crippen molar-refractivity contribution in [3.05, 3.63) is 58.9 Å². The smallest absolute Gasteiger partial charge is 0.418 e. The lowest BCUT2D eigenvalue weighted by Gasteiger charge is -2.38. The van der Waals surface area contributed by atoms with Crippen LogP contribution in [0.15, 0.2) is 41.5 Å². The van der Waals surface area contributed by atoms with Gasteiger partial charge in [0.2, 0.25) is 0 Å². The highest BCUT2D eigenvalue weighted by molar-refractivity contribution is 5.88. The van der Waals surface area contributed by atoms with Crippen molar-refractivity contribution < 1.29 is 27.4 Å². The SMILES string of the molecule is COc1c(F)cccc1C(C)(C)CC(O)(CNc1c(C)cccc1/C=N\N)C(F)(F)F. The highest BCUT2D eigenvalue weighted by Crippen LogP contribution is 2.44. The van der Waals surface area contributed by atoms with Crippen LogP contribution in [0, 0.1) is 12.7 Å². The first-order valence-corrected chi connectivity index (χ1v) is 9.55. The van der Waals surface area contributed by atoms with Crippen molar-refractivity contribution in [2.45, 2.75) is 44.4 Å². The normalized spacial score (nSPS) is 14.5. The maximum atomic E-state index is 14.1. The summed E-state index contributed by atoms with van der Waals surface area (Å²) in [6.45, 7) is 3.89. The first-order chi connectivity index (χ1) is 14.4. The zero-order valence-corrected chi connectivity index (χ0v) is 17.8. The summed E-state index contributed by atoms with van der Waals surface area (Å²) in [5.41, 5.74) is -2.64. The number of hydrogen-bond donors (Lipinski definition) is 3. The van der Waals surface area contributed by atoms with Crippen molar-refractivity contribution in [1.29, 1.82) is 0 Å². The molecule has 0 aliphatic heterocycles. The minimum atomic E-state index is -4.96. The Kier molecular flexibility index (Phi) is 7.21. The lowest BCUT2D eigenvalue weighted by atomic mass is 9.74. The van der Waals surface area contributed by atoms with Crippen LogP contribution in [-0.2, 0) is 5.41 Å². The number of hydrazone groups is 1. The maximum Gasteiger partial charge on any atom is 0.418 e. The number of benzene rings is 2. The number of anilines is 1. The molecule has 0 heterocycles. The van der Waals surface area contributed by atoms with Crippen molar-refractivity contribution in [2.24, 2.45) is 10.9 Å². The van der Waals surface area contributed by atoms with Gasteiger partial charge in [0.05, 0.1) is 19.9 Å². The molecule has 31 heavy (non-hydrogen) atoms. The summed E-state index contributed by atoms with van der Waals surface area (Å²) < 4.78 is 61.3. The number of nitrogens with one attached hydrogen (secondary N) is 1. The van der Waals surface area contributed by atoms with Gasteiger partial charge in [0.25, 0.3) is 0 Å². The molecule has 0 saturated heterocycles. The lowest BCUT2D eigenvalue weighted by Crippen LogP contribution is -2.53. The van der Waals surface area contributed by atoms with E-state index in [9.17, 15) is 22.7 Å². The molecule has 170 valence electrons. The second-order valence-corrected chi connectivity index (χ2v) is 8.08. The number of alkyl halides is 3. The molecule has 9 heteroatoms. The van der Waals surface area contributed by atoms with Crippen LogP contribution < -0.4 is 15.9 Å². The van der Waals surface area contributed by atoms with Gasteiger partial charge >= 0.3 is 6.18 Å². The highest BCUT2D eigenvalue weighted by atomic mass is 19.4. The fraction of sp³-hybridized carbons (Fsp3) is 0.409. The first kappa shape index (κ1) is 24.5. The topological polar surface area (TPSA) is 79.9 Å². The van der Waals surface area contributed by atoms with Crippen molar-refractivity contribution in [3.63, 3.8) is 0 Å². The van der Waals surface area contributed by atoms with E-state index in [-0.39, 0.29) is 11.3 Å².